The second-order valence-corrected chi connectivity index (χ2v) is 4.99. The van der Waals surface area contributed by atoms with Gasteiger partial charge in [0.2, 0.25) is 5.95 Å². The molecule has 0 aromatic carbocycles. The van der Waals surface area contributed by atoms with E-state index in [9.17, 15) is 0 Å². The Morgan fingerprint density at radius 1 is 1.35 bits per heavy atom. The van der Waals surface area contributed by atoms with Crippen LogP contribution in [0.2, 0.25) is 0 Å². The third-order valence-corrected chi connectivity index (χ3v) is 3.73. The van der Waals surface area contributed by atoms with Crippen LogP contribution in [0.25, 0.3) is 0 Å². The van der Waals surface area contributed by atoms with Crippen molar-refractivity contribution >= 4 is 11.8 Å². The van der Waals surface area contributed by atoms with E-state index in [0.29, 0.717) is 12.0 Å². The van der Waals surface area contributed by atoms with Gasteiger partial charge in [0, 0.05) is 31.4 Å². The van der Waals surface area contributed by atoms with E-state index in [1.165, 1.54) is 12.8 Å². The second kappa shape index (κ2) is 4.90. The molecule has 2 atom stereocenters. The Hall–Kier alpha value is -1.32. The van der Waals surface area contributed by atoms with Crippen LogP contribution in [0.5, 0.6) is 0 Å². The van der Waals surface area contributed by atoms with Crippen LogP contribution in [0.4, 0.5) is 11.8 Å². The van der Waals surface area contributed by atoms with Crippen LogP contribution in [0.3, 0.4) is 0 Å². The Kier molecular flexibility index (Phi) is 3.50. The van der Waals surface area contributed by atoms with Gasteiger partial charge in [0.15, 0.2) is 0 Å². The molecule has 0 radical (unpaired) electrons. The van der Waals surface area contributed by atoms with Crippen LogP contribution < -0.4 is 10.2 Å². The molecule has 1 aliphatic heterocycles. The van der Waals surface area contributed by atoms with Crippen LogP contribution in [0.15, 0.2) is 6.07 Å². The minimum atomic E-state index is 0.558. The molecule has 0 spiro atoms. The summed E-state index contributed by atoms with van der Waals surface area (Å²) < 4.78 is 0. The van der Waals surface area contributed by atoms with Gasteiger partial charge in [-0.25, -0.2) is 4.98 Å². The van der Waals surface area contributed by atoms with E-state index in [2.05, 4.69) is 40.1 Å². The monoisotopic (exact) mass is 234 g/mol. The van der Waals surface area contributed by atoms with Crippen molar-refractivity contribution in [3.05, 3.63) is 11.8 Å². The van der Waals surface area contributed by atoms with Gasteiger partial charge < -0.3 is 10.2 Å². The molecule has 0 amide bonds. The topological polar surface area (TPSA) is 41.1 Å². The van der Waals surface area contributed by atoms with E-state index in [1.54, 1.807) is 0 Å². The molecule has 0 saturated carbocycles. The van der Waals surface area contributed by atoms with E-state index in [4.69, 9.17) is 0 Å². The molecule has 1 aromatic heterocycles. The van der Waals surface area contributed by atoms with Gasteiger partial charge in [0.25, 0.3) is 0 Å². The van der Waals surface area contributed by atoms with Gasteiger partial charge in [-0.2, -0.15) is 4.98 Å². The lowest BCUT2D eigenvalue weighted by Gasteiger charge is -2.38. The van der Waals surface area contributed by atoms with E-state index in [1.807, 2.05) is 14.0 Å². The maximum atomic E-state index is 4.56. The highest BCUT2D eigenvalue weighted by molar-refractivity contribution is 5.45. The van der Waals surface area contributed by atoms with E-state index in [0.717, 1.165) is 24.0 Å². The summed E-state index contributed by atoms with van der Waals surface area (Å²) in [7, 11) is 1.86. The largest absolute Gasteiger partial charge is 0.357 e. The standard InChI is InChI=1S/C13H22N4/c1-9-6-5-7-17(11(9)3)12-8-10(2)15-13(14-4)16-12/h8-9,11H,5-7H2,1-4H3,(H,14,15,16). The summed E-state index contributed by atoms with van der Waals surface area (Å²) in [5.41, 5.74) is 1.02. The van der Waals surface area contributed by atoms with Gasteiger partial charge in [0.1, 0.15) is 5.82 Å². The van der Waals surface area contributed by atoms with Crippen LogP contribution >= 0.6 is 0 Å². The van der Waals surface area contributed by atoms with E-state index in [-0.39, 0.29) is 0 Å². The second-order valence-electron chi connectivity index (χ2n) is 4.99. The smallest absolute Gasteiger partial charge is 0.224 e. The van der Waals surface area contributed by atoms with E-state index < -0.39 is 0 Å². The lowest BCUT2D eigenvalue weighted by atomic mass is 9.92. The number of aromatic nitrogens is 2. The van der Waals surface area contributed by atoms with Gasteiger partial charge >= 0.3 is 0 Å². The fourth-order valence-electron chi connectivity index (χ4n) is 2.47. The Morgan fingerprint density at radius 2 is 2.12 bits per heavy atom. The zero-order chi connectivity index (χ0) is 12.4. The number of piperidine rings is 1. The summed E-state index contributed by atoms with van der Waals surface area (Å²) in [6.45, 7) is 7.74. The number of rotatable bonds is 2. The molecular formula is C13H22N4. The summed E-state index contributed by atoms with van der Waals surface area (Å²) in [5.74, 6) is 2.50. The molecule has 1 aliphatic rings. The Balaban J connectivity index is 2.29. The third-order valence-electron chi connectivity index (χ3n) is 3.73. The fourth-order valence-corrected chi connectivity index (χ4v) is 2.47. The van der Waals surface area contributed by atoms with Gasteiger partial charge in [-0.05, 0) is 32.6 Å². The molecule has 1 aromatic rings. The molecule has 94 valence electrons. The minimum Gasteiger partial charge on any atom is -0.357 e. The molecule has 0 aliphatic carbocycles. The summed E-state index contributed by atoms with van der Waals surface area (Å²) >= 11 is 0. The Labute approximate surface area is 103 Å². The normalized spacial score (nSPS) is 24.8. The van der Waals surface area contributed by atoms with Crippen molar-refractivity contribution < 1.29 is 0 Å². The molecule has 1 saturated heterocycles. The average Bonchev–Trinajstić information content (AvgIpc) is 2.31. The predicted molar refractivity (Wildman–Crippen MR) is 71.5 cm³/mol. The van der Waals surface area contributed by atoms with Crippen LogP contribution in [0, 0.1) is 12.8 Å². The van der Waals surface area contributed by atoms with Crippen molar-refractivity contribution in [2.24, 2.45) is 5.92 Å². The number of anilines is 2. The molecule has 0 bridgehead atoms. The zero-order valence-corrected chi connectivity index (χ0v) is 11.2. The van der Waals surface area contributed by atoms with Gasteiger partial charge in [-0.1, -0.05) is 6.92 Å². The maximum absolute atomic E-state index is 4.56. The maximum Gasteiger partial charge on any atom is 0.224 e. The molecule has 1 fully saturated rings. The van der Waals surface area contributed by atoms with Crippen LogP contribution in [-0.2, 0) is 0 Å². The third kappa shape index (κ3) is 2.51. The molecule has 2 rings (SSSR count). The van der Waals surface area contributed by atoms with Gasteiger partial charge in [-0.15, -0.1) is 0 Å². The molecule has 4 heteroatoms. The predicted octanol–water partition coefficient (Wildman–Crippen LogP) is 2.45. The van der Waals surface area contributed by atoms with Crippen molar-refractivity contribution in [2.45, 2.75) is 39.7 Å². The van der Waals surface area contributed by atoms with Crippen LogP contribution in [0.1, 0.15) is 32.4 Å². The molecule has 2 heterocycles. The first-order chi connectivity index (χ1) is 8.11. The van der Waals surface area contributed by atoms with Gasteiger partial charge in [-0.3, -0.25) is 0 Å². The fraction of sp³-hybridized carbons (Fsp3) is 0.692. The molecule has 17 heavy (non-hydrogen) atoms. The first-order valence-electron chi connectivity index (χ1n) is 6.42. The summed E-state index contributed by atoms with van der Waals surface area (Å²) in [6.07, 6.45) is 2.57. The summed E-state index contributed by atoms with van der Waals surface area (Å²) in [4.78, 5) is 11.3. The lowest BCUT2D eigenvalue weighted by Crippen LogP contribution is -2.43. The number of nitrogens with zero attached hydrogens (tertiary/aromatic N) is 3. The number of hydrogen-bond donors (Lipinski definition) is 1. The first-order valence-corrected chi connectivity index (χ1v) is 6.42. The highest BCUT2D eigenvalue weighted by Gasteiger charge is 2.25. The molecular weight excluding hydrogens is 212 g/mol. The number of aryl methyl sites for hydroxylation is 1. The van der Waals surface area contributed by atoms with E-state index >= 15 is 0 Å². The Bertz CT molecular complexity index is 391. The van der Waals surface area contributed by atoms with Crippen molar-refractivity contribution in [3.8, 4) is 0 Å². The highest BCUT2D eigenvalue weighted by Crippen LogP contribution is 2.27. The van der Waals surface area contributed by atoms with Crippen molar-refractivity contribution in [1.82, 2.24) is 9.97 Å². The highest BCUT2D eigenvalue weighted by atomic mass is 15.2. The van der Waals surface area contributed by atoms with Crippen LogP contribution in [-0.4, -0.2) is 29.6 Å². The zero-order valence-electron chi connectivity index (χ0n) is 11.2. The van der Waals surface area contributed by atoms with Gasteiger partial charge in [0.05, 0.1) is 0 Å². The first kappa shape index (κ1) is 12.1. The summed E-state index contributed by atoms with van der Waals surface area (Å²) in [6, 6.07) is 2.64. The SMILES string of the molecule is CNc1nc(C)cc(N2CCCC(C)C2C)n1. The minimum absolute atomic E-state index is 0.558. The molecule has 1 N–H and O–H groups in total. The van der Waals surface area contributed by atoms with Crippen molar-refractivity contribution in [2.75, 3.05) is 23.8 Å². The summed E-state index contributed by atoms with van der Waals surface area (Å²) in [5, 5.41) is 3.02. The Morgan fingerprint density at radius 3 is 2.82 bits per heavy atom. The lowest BCUT2D eigenvalue weighted by molar-refractivity contribution is 0.361. The molecule has 2 unspecified atom stereocenters. The number of nitrogens with one attached hydrogen (secondary N) is 1. The number of hydrogen-bond acceptors (Lipinski definition) is 4. The average molecular weight is 234 g/mol. The molecule has 4 nitrogen and oxygen atoms in total. The quantitative estimate of drug-likeness (QED) is 0.853. The van der Waals surface area contributed by atoms with Crippen molar-refractivity contribution in [3.63, 3.8) is 0 Å². The van der Waals surface area contributed by atoms with Crippen molar-refractivity contribution in [1.29, 1.82) is 0 Å².